The number of anilines is 1. The van der Waals surface area contributed by atoms with Crippen LogP contribution in [0.15, 0.2) is 48.7 Å². The lowest BCUT2D eigenvalue weighted by Crippen LogP contribution is -2.37. The van der Waals surface area contributed by atoms with E-state index in [0.29, 0.717) is 23.6 Å². The van der Waals surface area contributed by atoms with Gasteiger partial charge in [0.05, 0.1) is 11.9 Å². The van der Waals surface area contributed by atoms with Crippen LogP contribution in [0.3, 0.4) is 0 Å². The molecule has 0 unspecified atom stereocenters. The first-order valence-corrected chi connectivity index (χ1v) is 11.3. The zero-order chi connectivity index (χ0) is 23.4. The summed E-state index contributed by atoms with van der Waals surface area (Å²) >= 11 is 0. The first-order chi connectivity index (χ1) is 15.9. The lowest BCUT2D eigenvalue weighted by atomic mass is 10.1. The van der Waals surface area contributed by atoms with E-state index in [4.69, 9.17) is 4.74 Å². The zero-order valence-electron chi connectivity index (χ0n) is 19.4. The number of aromatic nitrogens is 2. The van der Waals surface area contributed by atoms with Crippen LogP contribution in [0.2, 0.25) is 0 Å². The maximum atomic E-state index is 13.0. The molecule has 1 aromatic heterocycles. The zero-order valence-corrected chi connectivity index (χ0v) is 19.4. The van der Waals surface area contributed by atoms with Crippen molar-refractivity contribution in [2.75, 3.05) is 18.4 Å². The minimum absolute atomic E-state index is 0.0935. The highest BCUT2D eigenvalue weighted by atomic mass is 16.5. The Kier molecular flexibility index (Phi) is 6.77. The van der Waals surface area contributed by atoms with Crippen molar-refractivity contribution in [1.82, 2.24) is 14.7 Å². The topological polar surface area (TPSA) is 76.5 Å². The number of carbonyl (C=O) groups excluding carboxylic acids is 2. The van der Waals surface area contributed by atoms with Crippen molar-refractivity contribution in [3.05, 3.63) is 76.6 Å². The molecule has 33 heavy (non-hydrogen) atoms. The first kappa shape index (κ1) is 22.6. The third kappa shape index (κ3) is 5.08. The summed E-state index contributed by atoms with van der Waals surface area (Å²) in [5.74, 6) is 0.517. The monoisotopic (exact) mass is 446 g/mol. The molecule has 1 saturated heterocycles. The van der Waals surface area contributed by atoms with Gasteiger partial charge in [-0.05, 0) is 61.9 Å². The summed E-state index contributed by atoms with van der Waals surface area (Å²) in [6.45, 7) is 5.95. The van der Waals surface area contributed by atoms with Gasteiger partial charge >= 0.3 is 0 Å². The fourth-order valence-corrected chi connectivity index (χ4v) is 4.16. The largest absolute Gasteiger partial charge is 0.488 e. The Hall–Kier alpha value is -3.61. The predicted octanol–water partition coefficient (Wildman–Crippen LogP) is 4.49. The summed E-state index contributed by atoms with van der Waals surface area (Å²) in [6.07, 6.45) is 4.68. The number of aryl methyl sites for hydroxylation is 3. The summed E-state index contributed by atoms with van der Waals surface area (Å²) in [5, 5.41) is 7.06. The fraction of sp³-hybridized carbons (Fsp3) is 0.346. The van der Waals surface area contributed by atoms with Crippen LogP contribution in [-0.4, -0.2) is 39.6 Å². The Labute approximate surface area is 194 Å². The number of ether oxygens (including phenoxy) is 1. The minimum Gasteiger partial charge on any atom is -0.488 e. The van der Waals surface area contributed by atoms with Crippen molar-refractivity contribution in [3.8, 4) is 5.75 Å². The Morgan fingerprint density at radius 2 is 1.67 bits per heavy atom. The third-order valence-electron chi connectivity index (χ3n) is 6.04. The normalized spacial score (nSPS) is 13.6. The van der Waals surface area contributed by atoms with Gasteiger partial charge in [-0.3, -0.25) is 14.3 Å². The van der Waals surface area contributed by atoms with Gasteiger partial charge in [0.15, 0.2) is 0 Å². The van der Waals surface area contributed by atoms with Crippen molar-refractivity contribution in [3.63, 3.8) is 0 Å². The molecular weight excluding hydrogens is 416 g/mol. The van der Waals surface area contributed by atoms with Crippen LogP contribution < -0.4 is 10.1 Å². The molecule has 0 spiro atoms. The molecule has 3 aromatic rings. The number of nitrogens with zero attached hydrogens (tertiary/aromatic N) is 3. The molecule has 2 aromatic carbocycles. The summed E-state index contributed by atoms with van der Waals surface area (Å²) in [4.78, 5) is 27.7. The Morgan fingerprint density at radius 3 is 2.33 bits per heavy atom. The van der Waals surface area contributed by atoms with E-state index in [-0.39, 0.29) is 11.8 Å². The summed E-state index contributed by atoms with van der Waals surface area (Å²) in [7, 11) is 1.72. The standard InChI is InChI=1S/C26H30N4O3/c1-18-8-7-9-19(2)24(18)33-17-20-10-12-21(13-11-20)25(31)28-22-16-27-29(3)23(22)26(32)30-14-5-4-6-15-30/h7-13,16H,4-6,14-15,17H2,1-3H3,(H,28,31). The lowest BCUT2D eigenvalue weighted by Gasteiger charge is -2.27. The van der Waals surface area contributed by atoms with E-state index >= 15 is 0 Å². The number of hydrogen-bond donors (Lipinski definition) is 1. The molecular formula is C26H30N4O3. The van der Waals surface area contributed by atoms with Gasteiger partial charge < -0.3 is 15.0 Å². The van der Waals surface area contributed by atoms with Crippen LogP contribution in [0.1, 0.15) is 56.8 Å². The SMILES string of the molecule is Cc1cccc(C)c1OCc1ccc(C(=O)Nc2cnn(C)c2C(=O)N2CCCCC2)cc1. The Balaban J connectivity index is 1.42. The number of para-hydroxylation sites is 1. The average molecular weight is 447 g/mol. The van der Waals surface area contributed by atoms with Gasteiger partial charge in [0.1, 0.15) is 18.1 Å². The molecule has 2 amide bonds. The highest BCUT2D eigenvalue weighted by Crippen LogP contribution is 2.24. The maximum absolute atomic E-state index is 13.0. The molecule has 0 atom stereocenters. The van der Waals surface area contributed by atoms with Gasteiger partial charge in [-0.25, -0.2) is 0 Å². The number of hydrogen-bond acceptors (Lipinski definition) is 4. The molecule has 2 heterocycles. The van der Waals surface area contributed by atoms with Crippen molar-refractivity contribution in [2.45, 2.75) is 39.7 Å². The van der Waals surface area contributed by atoms with Crippen molar-refractivity contribution in [1.29, 1.82) is 0 Å². The molecule has 7 heteroatoms. The second-order valence-electron chi connectivity index (χ2n) is 8.54. The highest BCUT2D eigenvalue weighted by Gasteiger charge is 2.25. The van der Waals surface area contributed by atoms with Crippen LogP contribution in [0, 0.1) is 13.8 Å². The molecule has 0 saturated carbocycles. The van der Waals surface area contributed by atoms with E-state index in [2.05, 4.69) is 10.4 Å². The molecule has 0 radical (unpaired) electrons. The molecule has 172 valence electrons. The van der Waals surface area contributed by atoms with Gasteiger partial charge in [0, 0.05) is 25.7 Å². The van der Waals surface area contributed by atoms with E-state index in [9.17, 15) is 9.59 Å². The third-order valence-corrected chi connectivity index (χ3v) is 6.04. The Bertz CT molecular complexity index is 1120. The molecule has 4 rings (SSSR count). The van der Waals surface area contributed by atoms with Gasteiger partial charge in [-0.2, -0.15) is 5.10 Å². The number of likely N-dealkylation sites (tertiary alicyclic amines) is 1. The van der Waals surface area contributed by atoms with E-state index in [1.807, 2.05) is 49.1 Å². The molecule has 0 bridgehead atoms. The van der Waals surface area contributed by atoms with Gasteiger partial charge in [-0.1, -0.05) is 30.3 Å². The molecule has 1 fully saturated rings. The quantitative estimate of drug-likeness (QED) is 0.605. The van der Waals surface area contributed by atoms with E-state index < -0.39 is 0 Å². The van der Waals surface area contributed by atoms with Crippen LogP contribution in [-0.2, 0) is 13.7 Å². The number of benzene rings is 2. The van der Waals surface area contributed by atoms with Gasteiger partial charge in [-0.15, -0.1) is 0 Å². The minimum atomic E-state index is -0.280. The van der Waals surface area contributed by atoms with E-state index in [1.165, 1.54) is 10.9 Å². The smallest absolute Gasteiger partial charge is 0.274 e. The first-order valence-electron chi connectivity index (χ1n) is 11.3. The van der Waals surface area contributed by atoms with E-state index in [1.54, 1.807) is 19.2 Å². The summed E-state index contributed by atoms with van der Waals surface area (Å²) in [6, 6.07) is 13.4. The molecule has 1 N–H and O–H groups in total. The van der Waals surface area contributed by atoms with Crippen molar-refractivity contribution in [2.24, 2.45) is 7.05 Å². The number of amides is 2. The number of piperidine rings is 1. The Morgan fingerprint density at radius 1 is 1.00 bits per heavy atom. The van der Waals surface area contributed by atoms with Crippen LogP contribution in [0.5, 0.6) is 5.75 Å². The predicted molar refractivity (Wildman–Crippen MR) is 128 cm³/mol. The number of nitrogens with one attached hydrogen (secondary N) is 1. The molecule has 0 aliphatic carbocycles. The van der Waals surface area contributed by atoms with Gasteiger partial charge in [0.2, 0.25) is 0 Å². The molecule has 7 nitrogen and oxygen atoms in total. The van der Waals surface area contributed by atoms with Crippen LogP contribution in [0.4, 0.5) is 5.69 Å². The number of rotatable bonds is 6. The van der Waals surface area contributed by atoms with Gasteiger partial charge in [0.25, 0.3) is 11.8 Å². The highest BCUT2D eigenvalue weighted by molar-refractivity contribution is 6.08. The maximum Gasteiger partial charge on any atom is 0.274 e. The van der Waals surface area contributed by atoms with Crippen molar-refractivity contribution >= 4 is 17.5 Å². The van der Waals surface area contributed by atoms with E-state index in [0.717, 1.165) is 54.8 Å². The lowest BCUT2D eigenvalue weighted by molar-refractivity contribution is 0.0714. The molecule has 1 aliphatic rings. The van der Waals surface area contributed by atoms with Crippen LogP contribution >= 0.6 is 0 Å². The summed E-state index contributed by atoms with van der Waals surface area (Å²) in [5.41, 5.74) is 4.50. The summed E-state index contributed by atoms with van der Waals surface area (Å²) < 4.78 is 7.53. The van der Waals surface area contributed by atoms with Crippen LogP contribution in [0.25, 0.3) is 0 Å². The second-order valence-corrected chi connectivity index (χ2v) is 8.54. The fourth-order valence-electron chi connectivity index (χ4n) is 4.16. The number of carbonyl (C=O) groups is 2. The van der Waals surface area contributed by atoms with Crippen molar-refractivity contribution < 1.29 is 14.3 Å². The molecule has 1 aliphatic heterocycles. The second kappa shape index (κ2) is 9.90. The average Bonchev–Trinajstić information content (AvgIpc) is 3.19.